The first-order valence-corrected chi connectivity index (χ1v) is 11.4. The largest absolute Gasteiger partial charge is 0.322 e. The summed E-state index contributed by atoms with van der Waals surface area (Å²) in [6.07, 6.45) is 0. The van der Waals surface area contributed by atoms with Gasteiger partial charge in [0.25, 0.3) is 5.91 Å². The van der Waals surface area contributed by atoms with E-state index in [4.69, 9.17) is 5.26 Å². The molecule has 1 N–H and O–H groups in total. The lowest BCUT2D eigenvalue weighted by Crippen LogP contribution is -2.11. The molecule has 0 aliphatic rings. The van der Waals surface area contributed by atoms with Gasteiger partial charge in [-0.25, -0.2) is 4.98 Å². The molecule has 0 aliphatic carbocycles. The number of fused-ring (bicyclic) bond motifs is 1. The van der Waals surface area contributed by atoms with E-state index in [1.54, 1.807) is 47.4 Å². The van der Waals surface area contributed by atoms with E-state index in [0.29, 0.717) is 16.4 Å². The number of carbonyl (C=O) groups excluding carboxylic acids is 1. The van der Waals surface area contributed by atoms with Crippen LogP contribution >= 0.6 is 34.9 Å². The summed E-state index contributed by atoms with van der Waals surface area (Å²) in [6.45, 7) is 4.42. The Morgan fingerprint density at radius 2 is 2.11 bits per heavy atom. The molecule has 0 fully saturated rings. The number of nitrogens with one attached hydrogen (secondary N) is 1. The first-order chi connectivity index (χ1) is 13.0. The second kappa shape index (κ2) is 9.27. The molecule has 0 aliphatic heterocycles. The highest BCUT2D eigenvalue weighted by molar-refractivity contribution is 8.04. The normalized spacial score (nSPS) is 10.9. The fourth-order valence-electron chi connectivity index (χ4n) is 2.39. The molecule has 138 valence electrons. The zero-order valence-electron chi connectivity index (χ0n) is 15.1. The van der Waals surface area contributed by atoms with E-state index in [1.807, 2.05) is 36.0 Å². The van der Waals surface area contributed by atoms with Crippen molar-refractivity contribution in [1.29, 1.82) is 5.26 Å². The van der Waals surface area contributed by atoms with E-state index < -0.39 is 0 Å². The summed E-state index contributed by atoms with van der Waals surface area (Å²) >= 11 is 5.38. The van der Waals surface area contributed by atoms with Crippen molar-refractivity contribution < 1.29 is 4.79 Å². The van der Waals surface area contributed by atoms with Crippen LogP contribution in [0.15, 0.2) is 46.8 Å². The van der Waals surface area contributed by atoms with Gasteiger partial charge in [0.2, 0.25) is 0 Å². The predicted octanol–water partition coefficient (Wildman–Crippen LogP) is 5.65. The Morgan fingerprint density at radius 3 is 2.89 bits per heavy atom. The third kappa shape index (κ3) is 5.48. The van der Waals surface area contributed by atoms with Crippen LogP contribution in [0.5, 0.6) is 0 Å². The number of anilines is 1. The number of nitriles is 1. The molecule has 3 rings (SSSR count). The topological polar surface area (TPSA) is 65.8 Å². The van der Waals surface area contributed by atoms with Crippen LogP contribution in [0.4, 0.5) is 5.69 Å². The molecular formula is C20H19N3OS3. The monoisotopic (exact) mass is 413 g/mol. The van der Waals surface area contributed by atoms with E-state index in [2.05, 4.69) is 24.1 Å². The summed E-state index contributed by atoms with van der Waals surface area (Å²) in [6, 6.07) is 14.5. The molecule has 2 aromatic carbocycles. The molecule has 4 nitrogen and oxygen atoms in total. The number of carbonyl (C=O) groups is 1. The van der Waals surface area contributed by atoms with Gasteiger partial charge < -0.3 is 5.32 Å². The van der Waals surface area contributed by atoms with Crippen molar-refractivity contribution in [3.8, 4) is 6.07 Å². The van der Waals surface area contributed by atoms with Crippen LogP contribution in [-0.2, 0) is 0 Å². The minimum atomic E-state index is -0.226. The lowest BCUT2D eigenvalue weighted by Gasteiger charge is -2.05. The van der Waals surface area contributed by atoms with Gasteiger partial charge in [0.05, 0.1) is 21.8 Å². The Kier molecular flexibility index (Phi) is 6.78. The minimum absolute atomic E-state index is 0.226. The van der Waals surface area contributed by atoms with Crippen molar-refractivity contribution >= 4 is 56.7 Å². The van der Waals surface area contributed by atoms with E-state index in [-0.39, 0.29) is 5.91 Å². The molecule has 0 atom stereocenters. The number of nitrogens with zero attached hydrogens (tertiary/aromatic N) is 2. The van der Waals surface area contributed by atoms with Crippen LogP contribution in [-0.4, -0.2) is 27.6 Å². The van der Waals surface area contributed by atoms with E-state index >= 15 is 0 Å². The molecule has 27 heavy (non-hydrogen) atoms. The van der Waals surface area contributed by atoms with Crippen LogP contribution in [0.3, 0.4) is 0 Å². The zero-order chi connectivity index (χ0) is 19.2. The second-order valence-electron chi connectivity index (χ2n) is 6.08. The molecule has 3 aromatic rings. The van der Waals surface area contributed by atoms with Crippen LogP contribution in [0.1, 0.15) is 29.8 Å². The maximum Gasteiger partial charge on any atom is 0.255 e. The van der Waals surface area contributed by atoms with E-state index in [1.165, 1.54) is 0 Å². The summed E-state index contributed by atoms with van der Waals surface area (Å²) in [5.41, 5.74) is 2.61. The van der Waals surface area contributed by atoms with Gasteiger partial charge in [0.15, 0.2) is 4.34 Å². The molecule has 0 spiro atoms. The van der Waals surface area contributed by atoms with Gasteiger partial charge in [-0.1, -0.05) is 31.7 Å². The molecule has 0 saturated heterocycles. The number of hydrogen-bond donors (Lipinski definition) is 1. The number of rotatable bonds is 7. The Bertz CT molecular complexity index is 992. The van der Waals surface area contributed by atoms with Crippen molar-refractivity contribution in [2.24, 2.45) is 0 Å². The van der Waals surface area contributed by atoms with E-state index in [0.717, 1.165) is 31.7 Å². The maximum atomic E-state index is 12.4. The van der Waals surface area contributed by atoms with E-state index in [9.17, 15) is 4.79 Å². The lowest BCUT2D eigenvalue weighted by atomic mass is 10.1. The molecule has 7 heteroatoms. The smallest absolute Gasteiger partial charge is 0.255 e. The maximum absolute atomic E-state index is 12.4. The summed E-state index contributed by atoms with van der Waals surface area (Å²) < 4.78 is 2.11. The molecule has 1 aromatic heterocycles. The van der Waals surface area contributed by atoms with Crippen molar-refractivity contribution in [3.05, 3.63) is 53.6 Å². The Labute approximate surface area is 171 Å². The number of benzene rings is 2. The molecule has 0 radical (unpaired) electrons. The minimum Gasteiger partial charge on any atom is -0.322 e. The molecule has 0 saturated carbocycles. The summed E-state index contributed by atoms with van der Waals surface area (Å²) in [4.78, 5) is 17.1. The molecule has 0 unspecified atom stereocenters. The van der Waals surface area contributed by atoms with Crippen molar-refractivity contribution in [2.75, 3.05) is 16.8 Å². The highest BCUT2D eigenvalue weighted by Crippen LogP contribution is 2.32. The third-order valence-corrected chi connectivity index (χ3v) is 7.17. The molecule has 1 amide bonds. The highest BCUT2D eigenvalue weighted by atomic mass is 32.2. The van der Waals surface area contributed by atoms with Crippen LogP contribution in [0.2, 0.25) is 0 Å². The quantitative estimate of drug-likeness (QED) is 0.400. The van der Waals surface area contributed by atoms with Gasteiger partial charge in [0.1, 0.15) is 0 Å². The van der Waals surface area contributed by atoms with Gasteiger partial charge >= 0.3 is 0 Å². The lowest BCUT2D eigenvalue weighted by molar-refractivity contribution is 0.102. The number of amides is 1. The predicted molar refractivity (Wildman–Crippen MR) is 117 cm³/mol. The van der Waals surface area contributed by atoms with Gasteiger partial charge in [-0.2, -0.15) is 17.0 Å². The molecular weight excluding hydrogens is 394 g/mol. The van der Waals surface area contributed by atoms with Crippen LogP contribution < -0.4 is 5.32 Å². The van der Waals surface area contributed by atoms with Crippen molar-refractivity contribution in [1.82, 2.24) is 4.98 Å². The Morgan fingerprint density at radius 1 is 1.26 bits per heavy atom. The third-order valence-electron chi connectivity index (χ3n) is 3.64. The molecule has 0 bridgehead atoms. The summed E-state index contributed by atoms with van der Waals surface area (Å²) in [7, 11) is 0. The van der Waals surface area contributed by atoms with Gasteiger partial charge in [0, 0.05) is 22.8 Å². The fourth-order valence-corrected chi connectivity index (χ4v) is 5.41. The molecule has 1 heterocycles. The van der Waals surface area contributed by atoms with Crippen LogP contribution in [0, 0.1) is 11.3 Å². The second-order valence-corrected chi connectivity index (χ2v) is 10.1. The average molecular weight is 414 g/mol. The summed E-state index contributed by atoms with van der Waals surface area (Å²) in [5.74, 6) is 1.93. The summed E-state index contributed by atoms with van der Waals surface area (Å²) in [5, 5.41) is 12.5. The van der Waals surface area contributed by atoms with Gasteiger partial charge in [-0.15, -0.1) is 11.3 Å². The SMILES string of the molecule is CC(C)SCCSc1nc2ccc(NC(=O)c3cccc(C#N)c3)cc2s1. The highest BCUT2D eigenvalue weighted by Gasteiger charge is 2.10. The number of thiazole rings is 1. The van der Waals surface area contributed by atoms with Crippen molar-refractivity contribution in [3.63, 3.8) is 0 Å². The first kappa shape index (κ1) is 19.7. The van der Waals surface area contributed by atoms with Crippen molar-refractivity contribution in [2.45, 2.75) is 23.4 Å². The number of hydrogen-bond acceptors (Lipinski definition) is 6. The number of aromatic nitrogens is 1. The average Bonchev–Trinajstić information content (AvgIpc) is 3.07. The fraction of sp³-hybridized carbons (Fsp3) is 0.250. The Hall–Kier alpha value is -2.01. The standard InChI is InChI=1S/C20H19N3OS3/c1-13(2)25-8-9-26-20-23-17-7-6-16(11-18(17)27-20)22-19(24)15-5-3-4-14(10-15)12-21/h3-7,10-11,13H,8-9H2,1-2H3,(H,22,24). The van der Waals surface area contributed by atoms with Gasteiger partial charge in [-0.05, 0) is 41.6 Å². The zero-order valence-corrected chi connectivity index (χ0v) is 17.5. The number of thioether (sulfide) groups is 2. The van der Waals surface area contributed by atoms with Crippen LogP contribution in [0.25, 0.3) is 10.2 Å². The first-order valence-electron chi connectivity index (χ1n) is 8.51. The Balaban J connectivity index is 1.67. The van der Waals surface area contributed by atoms with Gasteiger partial charge in [-0.3, -0.25) is 4.79 Å².